The third-order valence-electron chi connectivity index (χ3n) is 2.67. The molecule has 0 aromatic heterocycles. The first-order valence-corrected chi connectivity index (χ1v) is 5.45. The second-order valence-electron chi connectivity index (χ2n) is 4.56. The molecule has 0 amide bonds. The van der Waals surface area contributed by atoms with Crippen LogP contribution >= 0.6 is 0 Å². The summed E-state index contributed by atoms with van der Waals surface area (Å²) < 4.78 is 37.7. The van der Waals surface area contributed by atoms with E-state index in [1.807, 2.05) is 19.0 Å². The first-order valence-electron chi connectivity index (χ1n) is 5.45. The number of rotatable bonds is 3. The van der Waals surface area contributed by atoms with Gasteiger partial charge in [-0.25, -0.2) is 0 Å². The molecule has 102 valence electrons. The minimum atomic E-state index is -4.43. The van der Waals surface area contributed by atoms with Gasteiger partial charge in [-0.2, -0.15) is 13.2 Å². The first-order chi connectivity index (χ1) is 8.14. The van der Waals surface area contributed by atoms with Crippen LogP contribution in [0.2, 0.25) is 0 Å². The Balaban J connectivity index is 3.23. The molecule has 0 bridgehead atoms. The molecule has 1 aromatic carbocycles. The highest BCUT2D eigenvalue weighted by molar-refractivity contribution is 5.71. The van der Waals surface area contributed by atoms with E-state index in [1.54, 1.807) is 25.1 Å². The van der Waals surface area contributed by atoms with E-state index in [1.165, 1.54) is 12.1 Å². The SMILES string of the molecule is CN(C)c1ccc([C@H](N)C(F)(F)F)cc1N(C)C. The minimum absolute atomic E-state index is 0.0665. The van der Waals surface area contributed by atoms with Crippen molar-refractivity contribution in [3.05, 3.63) is 23.8 Å². The zero-order chi connectivity index (χ0) is 14.1. The Bertz CT molecular complexity index is 414. The van der Waals surface area contributed by atoms with Crippen LogP contribution in [0.5, 0.6) is 0 Å². The van der Waals surface area contributed by atoms with Gasteiger partial charge in [0.25, 0.3) is 0 Å². The maximum atomic E-state index is 12.6. The van der Waals surface area contributed by atoms with Crippen molar-refractivity contribution < 1.29 is 13.2 Å². The lowest BCUT2D eigenvalue weighted by atomic mass is 10.0. The summed E-state index contributed by atoms with van der Waals surface area (Å²) in [7, 11) is 7.24. The zero-order valence-electron chi connectivity index (χ0n) is 10.9. The zero-order valence-corrected chi connectivity index (χ0v) is 10.9. The predicted molar refractivity (Wildman–Crippen MR) is 68.1 cm³/mol. The minimum Gasteiger partial charge on any atom is -0.376 e. The highest BCUT2D eigenvalue weighted by atomic mass is 19.4. The molecule has 3 nitrogen and oxygen atoms in total. The largest absolute Gasteiger partial charge is 0.407 e. The molecule has 0 radical (unpaired) electrons. The van der Waals surface area contributed by atoms with E-state index in [0.29, 0.717) is 5.69 Å². The van der Waals surface area contributed by atoms with Gasteiger partial charge in [-0.1, -0.05) is 6.07 Å². The second-order valence-corrected chi connectivity index (χ2v) is 4.56. The van der Waals surface area contributed by atoms with Crippen molar-refractivity contribution in [2.45, 2.75) is 12.2 Å². The van der Waals surface area contributed by atoms with Crippen molar-refractivity contribution in [3.8, 4) is 0 Å². The molecule has 1 atom stereocenters. The molecule has 0 heterocycles. The number of nitrogens with zero attached hydrogens (tertiary/aromatic N) is 2. The van der Waals surface area contributed by atoms with Gasteiger partial charge >= 0.3 is 6.18 Å². The Morgan fingerprint density at radius 1 is 1.00 bits per heavy atom. The van der Waals surface area contributed by atoms with Crippen LogP contribution in [-0.4, -0.2) is 34.4 Å². The van der Waals surface area contributed by atoms with Crippen molar-refractivity contribution in [1.82, 2.24) is 0 Å². The normalized spacial score (nSPS) is 13.3. The van der Waals surface area contributed by atoms with Gasteiger partial charge in [0.15, 0.2) is 0 Å². The molecule has 0 aliphatic rings. The molecule has 0 unspecified atom stereocenters. The average molecular weight is 261 g/mol. The Labute approximate surface area is 105 Å². The topological polar surface area (TPSA) is 32.5 Å². The molecular formula is C12H18F3N3. The fourth-order valence-electron chi connectivity index (χ4n) is 1.66. The lowest BCUT2D eigenvalue weighted by Gasteiger charge is -2.25. The summed E-state index contributed by atoms with van der Waals surface area (Å²) in [6.07, 6.45) is -4.43. The van der Waals surface area contributed by atoms with E-state index in [9.17, 15) is 13.2 Å². The maximum Gasteiger partial charge on any atom is 0.407 e. The van der Waals surface area contributed by atoms with E-state index in [0.717, 1.165) is 5.69 Å². The van der Waals surface area contributed by atoms with Crippen LogP contribution in [0, 0.1) is 0 Å². The Morgan fingerprint density at radius 2 is 1.50 bits per heavy atom. The molecule has 6 heteroatoms. The van der Waals surface area contributed by atoms with Crippen molar-refractivity contribution >= 4 is 11.4 Å². The van der Waals surface area contributed by atoms with Crippen LogP contribution in [0.25, 0.3) is 0 Å². The van der Waals surface area contributed by atoms with Crippen LogP contribution in [0.15, 0.2) is 18.2 Å². The average Bonchev–Trinajstić information content (AvgIpc) is 2.25. The van der Waals surface area contributed by atoms with E-state index in [-0.39, 0.29) is 5.56 Å². The van der Waals surface area contributed by atoms with Gasteiger partial charge in [0, 0.05) is 28.2 Å². The van der Waals surface area contributed by atoms with E-state index in [2.05, 4.69) is 0 Å². The molecule has 0 aliphatic heterocycles. The fraction of sp³-hybridized carbons (Fsp3) is 0.500. The second kappa shape index (κ2) is 5.06. The quantitative estimate of drug-likeness (QED) is 0.906. The Kier molecular flexibility index (Phi) is 4.11. The summed E-state index contributed by atoms with van der Waals surface area (Å²) in [5.41, 5.74) is 6.83. The summed E-state index contributed by atoms with van der Waals surface area (Å²) in [5, 5.41) is 0. The maximum absolute atomic E-state index is 12.6. The molecule has 1 rings (SSSR count). The summed E-state index contributed by atoms with van der Waals surface area (Å²) in [6, 6.07) is 2.59. The number of hydrogen-bond donors (Lipinski definition) is 1. The van der Waals surface area contributed by atoms with Gasteiger partial charge in [0.2, 0.25) is 0 Å². The van der Waals surface area contributed by atoms with Crippen LogP contribution in [-0.2, 0) is 0 Å². The molecule has 0 aliphatic carbocycles. The third-order valence-corrected chi connectivity index (χ3v) is 2.67. The first kappa shape index (κ1) is 14.6. The summed E-state index contributed by atoms with van der Waals surface area (Å²) >= 11 is 0. The van der Waals surface area contributed by atoms with Gasteiger partial charge < -0.3 is 15.5 Å². The molecule has 0 saturated heterocycles. The molecule has 0 spiro atoms. The number of alkyl halides is 3. The predicted octanol–water partition coefficient (Wildman–Crippen LogP) is 2.38. The number of benzene rings is 1. The number of anilines is 2. The van der Waals surface area contributed by atoms with Crippen molar-refractivity contribution in [2.75, 3.05) is 38.0 Å². The number of nitrogens with two attached hydrogens (primary N) is 1. The number of hydrogen-bond acceptors (Lipinski definition) is 3. The van der Waals surface area contributed by atoms with Gasteiger partial charge in [-0.15, -0.1) is 0 Å². The van der Waals surface area contributed by atoms with Crippen LogP contribution in [0.4, 0.5) is 24.5 Å². The molecule has 1 aromatic rings. The van der Waals surface area contributed by atoms with Crippen LogP contribution in [0.1, 0.15) is 11.6 Å². The molecule has 18 heavy (non-hydrogen) atoms. The monoisotopic (exact) mass is 261 g/mol. The lowest BCUT2D eigenvalue weighted by Crippen LogP contribution is -2.29. The third kappa shape index (κ3) is 3.07. The molecule has 2 N–H and O–H groups in total. The Morgan fingerprint density at radius 3 is 1.89 bits per heavy atom. The van der Waals surface area contributed by atoms with Gasteiger partial charge in [-0.05, 0) is 17.7 Å². The smallest absolute Gasteiger partial charge is 0.376 e. The number of halogens is 3. The highest BCUT2D eigenvalue weighted by Crippen LogP contribution is 2.35. The summed E-state index contributed by atoms with van der Waals surface area (Å²) in [6.45, 7) is 0. The Hall–Kier alpha value is -1.43. The van der Waals surface area contributed by atoms with Gasteiger partial charge in [0.05, 0.1) is 11.4 Å². The lowest BCUT2D eigenvalue weighted by molar-refractivity contribution is -0.149. The van der Waals surface area contributed by atoms with E-state index >= 15 is 0 Å². The van der Waals surface area contributed by atoms with Crippen LogP contribution in [0.3, 0.4) is 0 Å². The standard InChI is InChI=1S/C12H18F3N3/c1-17(2)9-6-5-8(7-10(9)18(3)4)11(16)12(13,14)15/h5-7,11H,16H2,1-4H3/t11-/m0/s1. The molecule has 0 fully saturated rings. The van der Waals surface area contributed by atoms with Crippen molar-refractivity contribution in [3.63, 3.8) is 0 Å². The summed E-state index contributed by atoms with van der Waals surface area (Å²) in [5.74, 6) is 0. The van der Waals surface area contributed by atoms with E-state index < -0.39 is 12.2 Å². The van der Waals surface area contributed by atoms with E-state index in [4.69, 9.17) is 5.73 Å². The fourth-order valence-corrected chi connectivity index (χ4v) is 1.66. The van der Waals surface area contributed by atoms with Gasteiger partial charge in [0.1, 0.15) is 6.04 Å². The summed E-state index contributed by atoms with van der Waals surface area (Å²) in [4.78, 5) is 3.61. The molecule has 0 saturated carbocycles. The highest BCUT2D eigenvalue weighted by Gasteiger charge is 2.38. The van der Waals surface area contributed by atoms with Crippen molar-refractivity contribution in [2.24, 2.45) is 5.73 Å². The molecular weight excluding hydrogens is 243 g/mol. The van der Waals surface area contributed by atoms with Crippen molar-refractivity contribution in [1.29, 1.82) is 0 Å². The van der Waals surface area contributed by atoms with Crippen LogP contribution < -0.4 is 15.5 Å². The van der Waals surface area contributed by atoms with Gasteiger partial charge in [-0.3, -0.25) is 0 Å².